The molecule has 164 valence electrons. The molecule has 7 nitrogen and oxygen atoms in total. The highest BCUT2D eigenvalue weighted by atomic mass is 35.5. The molecule has 0 aliphatic carbocycles. The van der Waals surface area contributed by atoms with Crippen molar-refractivity contribution in [3.05, 3.63) is 86.4 Å². The molecule has 1 amide bonds. The molecule has 0 aliphatic rings. The van der Waals surface area contributed by atoms with Crippen LogP contribution in [0.5, 0.6) is 0 Å². The maximum atomic E-state index is 13.2. The summed E-state index contributed by atoms with van der Waals surface area (Å²) in [6.45, 7) is 7.71. The van der Waals surface area contributed by atoms with Gasteiger partial charge in [-0.2, -0.15) is 10.2 Å². The van der Waals surface area contributed by atoms with Gasteiger partial charge in [0.15, 0.2) is 5.52 Å². The number of nitrogens with zero attached hydrogens (tertiary/aromatic N) is 4. The van der Waals surface area contributed by atoms with Crippen molar-refractivity contribution in [1.82, 2.24) is 24.9 Å². The minimum Gasteiger partial charge on any atom is -0.350 e. The molecule has 0 unspecified atom stereocenters. The predicted molar refractivity (Wildman–Crippen MR) is 125 cm³/mol. The number of hydrogen-bond donors (Lipinski definition) is 1. The van der Waals surface area contributed by atoms with Crippen LogP contribution in [-0.2, 0) is 11.3 Å². The summed E-state index contributed by atoms with van der Waals surface area (Å²) in [5, 5.41) is 13.2. The van der Waals surface area contributed by atoms with Crippen LogP contribution in [0.15, 0.2) is 53.3 Å². The number of hydrogen-bond acceptors (Lipinski definition) is 4. The van der Waals surface area contributed by atoms with Crippen molar-refractivity contribution in [3.8, 4) is 5.69 Å². The lowest BCUT2D eigenvalue weighted by molar-refractivity contribution is -0.124. The van der Waals surface area contributed by atoms with Crippen LogP contribution in [0.25, 0.3) is 16.6 Å². The van der Waals surface area contributed by atoms with Crippen molar-refractivity contribution in [3.63, 3.8) is 0 Å². The number of fused-ring (bicyclic) bond motifs is 1. The standard InChI is InChI=1S/C24H24ClN5O2/c1-14-8-10-20(11-9-14)29-16(3)21-15(2)27-30(24(32)22(21)28-29)17(4)23(31)26-13-18-6-5-7-19(25)12-18/h5-12,17H,13H2,1-4H3,(H,26,31)/t17-/m1/s1. The largest absolute Gasteiger partial charge is 0.350 e. The molecule has 2 aromatic carbocycles. The molecule has 0 fully saturated rings. The van der Waals surface area contributed by atoms with Crippen LogP contribution in [0.3, 0.4) is 0 Å². The molecule has 4 rings (SSSR count). The topological polar surface area (TPSA) is 81.8 Å². The van der Waals surface area contributed by atoms with Crippen molar-refractivity contribution < 1.29 is 4.79 Å². The molecule has 2 heterocycles. The van der Waals surface area contributed by atoms with Crippen LogP contribution in [0, 0.1) is 20.8 Å². The number of benzene rings is 2. The number of halogens is 1. The maximum Gasteiger partial charge on any atom is 0.295 e. The van der Waals surface area contributed by atoms with Gasteiger partial charge in [0.2, 0.25) is 5.91 Å². The normalized spacial score (nSPS) is 12.2. The summed E-state index contributed by atoms with van der Waals surface area (Å²) in [4.78, 5) is 26.0. The summed E-state index contributed by atoms with van der Waals surface area (Å²) in [5.41, 5.74) is 4.25. The van der Waals surface area contributed by atoms with E-state index in [0.717, 1.165) is 22.5 Å². The van der Waals surface area contributed by atoms with E-state index in [1.165, 1.54) is 4.68 Å². The smallest absolute Gasteiger partial charge is 0.295 e. The molecule has 0 spiro atoms. The summed E-state index contributed by atoms with van der Waals surface area (Å²) in [6.07, 6.45) is 0. The Labute approximate surface area is 190 Å². The first-order valence-corrected chi connectivity index (χ1v) is 10.7. The number of aryl methyl sites for hydroxylation is 3. The molecular formula is C24H24ClN5O2. The Kier molecular flexibility index (Phi) is 5.84. The minimum atomic E-state index is -0.797. The Bertz CT molecular complexity index is 1370. The molecule has 1 atom stereocenters. The van der Waals surface area contributed by atoms with E-state index >= 15 is 0 Å². The van der Waals surface area contributed by atoms with Gasteiger partial charge >= 0.3 is 0 Å². The third kappa shape index (κ3) is 4.03. The van der Waals surface area contributed by atoms with E-state index in [9.17, 15) is 9.59 Å². The fourth-order valence-corrected chi connectivity index (χ4v) is 3.96. The summed E-state index contributed by atoms with van der Waals surface area (Å²) < 4.78 is 2.95. The fraction of sp³-hybridized carbons (Fsp3) is 0.250. The van der Waals surface area contributed by atoms with Gasteiger partial charge in [-0.25, -0.2) is 9.36 Å². The molecule has 0 saturated heterocycles. The summed E-state index contributed by atoms with van der Waals surface area (Å²) in [5.74, 6) is -0.312. The van der Waals surface area contributed by atoms with Gasteiger partial charge in [0.1, 0.15) is 6.04 Å². The van der Waals surface area contributed by atoms with Crippen LogP contribution in [-0.4, -0.2) is 25.5 Å². The SMILES string of the molecule is Cc1ccc(-n2nc3c(=O)n([C@H](C)C(=O)NCc4cccc(Cl)c4)nc(C)c3c2C)cc1. The molecule has 4 aromatic rings. The summed E-state index contributed by atoms with van der Waals surface area (Å²) in [7, 11) is 0. The maximum absolute atomic E-state index is 13.2. The lowest BCUT2D eigenvalue weighted by Gasteiger charge is -2.15. The highest BCUT2D eigenvalue weighted by molar-refractivity contribution is 6.30. The first-order chi connectivity index (χ1) is 15.3. The molecular weight excluding hydrogens is 426 g/mol. The van der Waals surface area contributed by atoms with Crippen LogP contribution in [0.1, 0.15) is 35.5 Å². The number of carbonyl (C=O) groups is 1. The van der Waals surface area contributed by atoms with Gasteiger partial charge in [0, 0.05) is 11.6 Å². The van der Waals surface area contributed by atoms with Crippen molar-refractivity contribution in [2.24, 2.45) is 0 Å². The highest BCUT2D eigenvalue weighted by Gasteiger charge is 2.23. The van der Waals surface area contributed by atoms with E-state index in [1.54, 1.807) is 23.7 Å². The number of carbonyl (C=O) groups excluding carboxylic acids is 1. The number of nitrogens with one attached hydrogen (secondary N) is 1. The second kappa shape index (κ2) is 8.59. The Morgan fingerprint density at radius 3 is 2.50 bits per heavy atom. The zero-order valence-corrected chi connectivity index (χ0v) is 19.1. The first-order valence-electron chi connectivity index (χ1n) is 10.3. The van der Waals surface area contributed by atoms with Gasteiger partial charge in [-0.15, -0.1) is 0 Å². The molecule has 0 radical (unpaired) electrons. The molecule has 2 aromatic heterocycles. The van der Waals surface area contributed by atoms with Crippen LogP contribution < -0.4 is 10.9 Å². The molecule has 1 N–H and O–H groups in total. The molecule has 32 heavy (non-hydrogen) atoms. The van der Waals surface area contributed by atoms with Gasteiger partial charge in [0.05, 0.1) is 22.5 Å². The van der Waals surface area contributed by atoms with Gasteiger partial charge in [-0.1, -0.05) is 41.4 Å². The summed E-state index contributed by atoms with van der Waals surface area (Å²) in [6, 6.07) is 14.4. The number of rotatable bonds is 5. The van der Waals surface area contributed by atoms with E-state index < -0.39 is 11.6 Å². The third-order valence-corrected chi connectivity index (χ3v) is 5.76. The molecule has 0 bridgehead atoms. The Morgan fingerprint density at radius 1 is 1.09 bits per heavy atom. The monoisotopic (exact) mass is 449 g/mol. The van der Waals surface area contributed by atoms with E-state index in [4.69, 9.17) is 11.6 Å². The molecule has 0 saturated carbocycles. The molecule has 8 heteroatoms. The molecule has 0 aliphatic heterocycles. The zero-order chi connectivity index (χ0) is 23.0. The number of amides is 1. The third-order valence-electron chi connectivity index (χ3n) is 5.53. The lowest BCUT2D eigenvalue weighted by Crippen LogP contribution is -2.37. The van der Waals surface area contributed by atoms with Crippen molar-refractivity contribution in [2.75, 3.05) is 0 Å². The minimum absolute atomic E-state index is 0.296. The van der Waals surface area contributed by atoms with E-state index in [2.05, 4.69) is 15.5 Å². The van der Waals surface area contributed by atoms with Crippen LogP contribution in [0.4, 0.5) is 0 Å². The Balaban J connectivity index is 1.67. The second-order valence-electron chi connectivity index (χ2n) is 7.92. The Morgan fingerprint density at radius 2 is 1.81 bits per heavy atom. The Hall–Kier alpha value is -3.45. The lowest BCUT2D eigenvalue weighted by atomic mass is 10.2. The number of aromatic nitrogens is 4. The average Bonchev–Trinajstić information content (AvgIpc) is 3.12. The van der Waals surface area contributed by atoms with Crippen LogP contribution >= 0.6 is 11.6 Å². The quantitative estimate of drug-likeness (QED) is 0.498. The highest BCUT2D eigenvalue weighted by Crippen LogP contribution is 2.22. The average molecular weight is 450 g/mol. The first kappa shape index (κ1) is 21.8. The zero-order valence-electron chi connectivity index (χ0n) is 18.4. The second-order valence-corrected chi connectivity index (χ2v) is 8.35. The van der Waals surface area contributed by atoms with Gasteiger partial charge in [-0.3, -0.25) is 9.59 Å². The van der Waals surface area contributed by atoms with Crippen molar-refractivity contribution in [2.45, 2.75) is 40.3 Å². The van der Waals surface area contributed by atoms with E-state index in [1.807, 2.05) is 57.2 Å². The van der Waals surface area contributed by atoms with Crippen molar-refractivity contribution >= 4 is 28.4 Å². The fourth-order valence-electron chi connectivity index (χ4n) is 3.75. The van der Waals surface area contributed by atoms with Gasteiger partial charge in [-0.05, 0) is 57.5 Å². The van der Waals surface area contributed by atoms with Crippen molar-refractivity contribution in [1.29, 1.82) is 0 Å². The van der Waals surface area contributed by atoms with E-state index in [-0.39, 0.29) is 5.91 Å². The van der Waals surface area contributed by atoms with Gasteiger partial charge < -0.3 is 5.32 Å². The van der Waals surface area contributed by atoms with E-state index in [0.29, 0.717) is 28.2 Å². The van der Waals surface area contributed by atoms with Crippen LogP contribution in [0.2, 0.25) is 5.02 Å². The predicted octanol–water partition coefficient (Wildman–Crippen LogP) is 4.04. The summed E-state index contributed by atoms with van der Waals surface area (Å²) >= 11 is 6.00. The van der Waals surface area contributed by atoms with Gasteiger partial charge in [0.25, 0.3) is 5.56 Å².